The van der Waals surface area contributed by atoms with Gasteiger partial charge in [0.05, 0.1) is 5.41 Å². The molecule has 0 bridgehead atoms. The van der Waals surface area contributed by atoms with Crippen LogP contribution in [0.4, 0.5) is 13.2 Å². The van der Waals surface area contributed by atoms with E-state index in [0.29, 0.717) is 11.1 Å². The van der Waals surface area contributed by atoms with Gasteiger partial charge >= 0.3 is 6.18 Å². The first-order chi connectivity index (χ1) is 8.19. The average molecular weight is 257 g/mol. The summed E-state index contributed by atoms with van der Waals surface area (Å²) in [6.07, 6.45) is -4.53. The van der Waals surface area contributed by atoms with Crippen molar-refractivity contribution in [1.29, 1.82) is 0 Å². The fourth-order valence-corrected chi connectivity index (χ4v) is 1.64. The highest BCUT2D eigenvalue weighted by Gasteiger charge is 2.48. The van der Waals surface area contributed by atoms with E-state index in [2.05, 4.69) is 4.98 Å². The number of halogens is 3. The molecule has 0 saturated heterocycles. The van der Waals surface area contributed by atoms with E-state index in [-0.39, 0.29) is 12.3 Å². The van der Waals surface area contributed by atoms with E-state index in [1.807, 2.05) is 13.0 Å². The van der Waals surface area contributed by atoms with Gasteiger partial charge < -0.3 is 4.42 Å². The fraction of sp³-hybridized carbons (Fsp3) is 0.462. The summed E-state index contributed by atoms with van der Waals surface area (Å²) >= 11 is 0. The largest absolute Gasteiger partial charge is 0.441 e. The second kappa shape index (κ2) is 4.00. The molecule has 0 amide bonds. The van der Waals surface area contributed by atoms with Crippen molar-refractivity contribution in [2.24, 2.45) is 5.41 Å². The highest BCUT2D eigenvalue weighted by Crippen LogP contribution is 2.40. The molecule has 18 heavy (non-hydrogen) atoms. The number of hydrogen-bond donors (Lipinski definition) is 0. The van der Waals surface area contributed by atoms with E-state index < -0.39 is 11.6 Å². The first kappa shape index (κ1) is 12.9. The smallest absolute Gasteiger partial charge is 0.394 e. The third-order valence-corrected chi connectivity index (χ3v) is 2.95. The Bertz CT molecular complexity index is 569. The second-order valence-corrected chi connectivity index (χ2v) is 5.14. The first-order valence-corrected chi connectivity index (χ1v) is 5.62. The molecule has 1 heterocycles. The summed E-state index contributed by atoms with van der Waals surface area (Å²) in [4.78, 5) is 4.11. The van der Waals surface area contributed by atoms with Crippen molar-refractivity contribution in [3.8, 4) is 0 Å². The van der Waals surface area contributed by atoms with Gasteiger partial charge in [0, 0.05) is 6.42 Å². The number of nitrogens with zero attached hydrogens (tertiary/aromatic N) is 1. The molecule has 0 radical (unpaired) electrons. The third kappa shape index (κ3) is 2.35. The van der Waals surface area contributed by atoms with Crippen molar-refractivity contribution in [2.75, 3.05) is 0 Å². The van der Waals surface area contributed by atoms with Crippen LogP contribution < -0.4 is 0 Å². The summed E-state index contributed by atoms with van der Waals surface area (Å²) in [5.41, 5.74) is 0.275. The molecule has 5 heteroatoms. The SMILES string of the molecule is Cc1ccc2oc(CC(C)(C)C(F)(F)F)nc2c1. The lowest BCUT2D eigenvalue weighted by molar-refractivity contribution is -0.212. The van der Waals surface area contributed by atoms with Crippen LogP contribution >= 0.6 is 0 Å². The molecule has 1 aromatic carbocycles. The number of rotatable bonds is 2. The molecule has 0 unspecified atom stereocenters. The number of aryl methyl sites for hydroxylation is 1. The van der Waals surface area contributed by atoms with Crippen LogP contribution in [0.2, 0.25) is 0 Å². The quantitative estimate of drug-likeness (QED) is 0.803. The van der Waals surface area contributed by atoms with Crippen molar-refractivity contribution in [3.63, 3.8) is 0 Å². The molecular formula is C13H14F3NO. The highest BCUT2D eigenvalue weighted by atomic mass is 19.4. The van der Waals surface area contributed by atoms with E-state index in [1.54, 1.807) is 12.1 Å². The molecule has 2 aromatic rings. The zero-order chi connectivity index (χ0) is 13.6. The summed E-state index contributed by atoms with van der Waals surface area (Å²) in [6, 6.07) is 5.36. The summed E-state index contributed by atoms with van der Waals surface area (Å²) in [5.74, 6) is 0.123. The lowest BCUT2D eigenvalue weighted by atomic mass is 9.88. The molecule has 0 spiro atoms. The fourth-order valence-electron chi connectivity index (χ4n) is 1.64. The molecular weight excluding hydrogens is 243 g/mol. The summed E-state index contributed by atoms with van der Waals surface area (Å²) in [6.45, 7) is 4.19. The van der Waals surface area contributed by atoms with Gasteiger partial charge in [0.15, 0.2) is 11.5 Å². The second-order valence-electron chi connectivity index (χ2n) is 5.14. The monoisotopic (exact) mass is 257 g/mol. The van der Waals surface area contributed by atoms with Crippen LogP contribution in [0, 0.1) is 12.3 Å². The Labute approximate surface area is 103 Å². The number of hydrogen-bond acceptors (Lipinski definition) is 2. The zero-order valence-electron chi connectivity index (χ0n) is 10.4. The minimum atomic E-state index is -4.27. The van der Waals surface area contributed by atoms with Gasteiger partial charge in [-0.05, 0) is 24.6 Å². The molecule has 1 aromatic heterocycles. The minimum Gasteiger partial charge on any atom is -0.441 e. The van der Waals surface area contributed by atoms with Gasteiger partial charge in [-0.1, -0.05) is 19.9 Å². The molecule has 0 fully saturated rings. The van der Waals surface area contributed by atoms with E-state index in [0.717, 1.165) is 19.4 Å². The molecule has 0 saturated carbocycles. The lowest BCUT2D eigenvalue weighted by Gasteiger charge is -2.25. The number of benzene rings is 1. The number of oxazole rings is 1. The number of alkyl halides is 3. The van der Waals surface area contributed by atoms with Gasteiger partial charge in [-0.3, -0.25) is 0 Å². The van der Waals surface area contributed by atoms with Gasteiger partial charge in [-0.15, -0.1) is 0 Å². The van der Waals surface area contributed by atoms with Crippen molar-refractivity contribution in [2.45, 2.75) is 33.4 Å². The maximum absolute atomic E-state index is 12.8. The normalized spacial score (nSPS) is 13.2. The Hall–Kier alpha value is -1.52. The predicted molar refractivity (Wildman–Crippen MR) is 62.3 cm³/mol. The molecule has 98 valence electrons. The van der Waals surface area contributed by atoms with Crippen molar-refractivity contribution in [3.05, 3.63) is 29.7 Å². The lowest BCUT2D eigenvalue weighted by Crippen LogP contribution is -2.34. The van der Waals surface area contributed by atoms with Crippen LogP contribution in [0.15, 0.2) is 22.6 Å². The molecule has 0 aliphatic heterocycles. The van der Waals surface area contributed by atoms with Crippen molar-refractivity contribution >= 4 is 11.1 Å². The Morgan fingerprint density at radius 2 is 1.89 bits per heavy atom. The summed E-state index contributed by atoms with van der Waals surface area (Å²) in [7, 11) is 0. The van der Waals surface area contributed by atoms with Gasteiger partial charge in [0.25, 0.3) is 0 Å². The van der Waals surface area contributed by atoms with Crippen LogP contribution in [0.1, 0.15) is 25.3 Å². The molecule has 0 aliphatic carbocycles. The van der Waals surface area contributed by atoms with Gasteiger partial charge in [-0.2, -0.15) is 13.2 Å². The summed E-state index contributed by atoms with van der Waals surface area (Å²) in [5, 5.41) is 0. The average Bonchev–Trinajstić information content (AvgIpc) is 2.56. The van der Waals surface area contributed by atoms with E-state index in [4.69, 9.17) is 4.42 Å². The van der Waals surface area contributed by atoms with E-state index in [1.165, 1.54) is 0 Å². The topological polar surface area (TPSA) is 26.0 Å². The van der Waals surface area contributed by atoms with Crippen LogP contribution in [-0.2, 0) is 6.42 Å². The summed E-state index contributed by atoms with van der Waals surface area (Å²) < 4.78 is 43.7. The highest BCUT2D eigenvalue weighted by molar-refractivity contribution is 5.73. The standard InChI is InChI=1S/C13H14F3NO/c1-8-4-5-10-9(6-8)17-11(18-10)7-12(2,3)13(14,15)16/h4-6H,7H2,1-3H3. The Balaban J connectivity index is 2.33. The number of aromatic nitrogens is 1. The molecule has 0 N–H and O–H groups in total. The van der Waals surface area contributed by atoms with Crippen LogP contribution in [-0.4, -0.2) is 11.2 Å². The van der Waals surface area contributed by atoms with Gasteiger partial charge in [0.2, 0.25) is 0 Å². The van der Waals surface area contributed by atoms with E-state index in [9.17, 15) is 13.2 Å². The van der Waals surface area contributed by atoms with Crippen LogP contribution in [0.25, 0.3) is 11.1 Å². The van der Waals surface area contributed by atoms with E-state index >= 15 is 0 Å². The van der Waals surface area contributed by atoms with Gasteiger partial charge in [0.1, 0.15) is 5.52 Å². The Morgan fingerprint density at radius 3 is 2.50 bits per heavy atom. The van der Waals surface area contributed by atoms with Gasteiger partial charge in [-0.25, -0.2) is 4.98 Å². The molecule has 2 nitrogen and oxygen atoms in total. The Morgan fingerprint density at radius 1 is 1.22 bits per heavy atom. The first-order valence-electron chi connectivity index (χ1n) is 5.62. The minimum absolute atomic E-state index is 0.123. The Kier molecular flexibility index (Phi) is 2.87. The molecule has 0 aliphatic rings. The van der Waals surface area contributed by atoms with Crippen LogP contribution in [0.3, 0.4) is 0 Å². The molecule has 2 rings (SSSR count). The predicted octanol–water partition coefficient (Wildman–Crippen LogP) is 4.27. The third-order valence-electron chi connectivity index (χ3n) is 2.95. The van der Waals surface area contributed by atoms with Crippen LogP contribution in [0.5, 0.6) is 0 Å². The zero-order valence-corrected chi connectivity index (χ0v) is 10.4. The van der Waals surface area contributed by atoms with Crippen molar-refractivity contribution in [1.82, 2.24) is 4.98 Å². The molecule has 0 atom stereocenters. The number of fused-ring (bicyclic) bond motifs is 1. The maximum Gasteiger partial charge on any atom is 0.394 e. The maximum atomic E-state index is 12.8. The van der Waals surface area contributed by atoms with Crippen molar-refractivity contribution < 1.29 is 17.6 Å².